The third-order valence-corrected chi connectivity index (χ3v) is 6.57. The van der Waals surface area contributed by atoms with Crippen LogP contribution in [-0.4, -0.2) is 36.3 Å². The molecule has 0 bridgehead atoms. The predicted molar refractivity (Wildman–Crippen MR) is 105 cm³/mol. The van der Waals surface area contributed by atoms with Crippen molar-refractivity contribution in [3.05, 3.63) is 58.2 Å². The van der Waals surface area contributed by atoms with Crippen molar-refractivity contribution < 1.29 is 13.2 Å². The monoisotopic (exact) mass is 430 g/mol. The van der Waals surface area contributed by atoms with Gasteiger partial charge in [0.2, 0.25) is 10.0 Å². The van der Waals surface area contributed by atoms with E-state index in [1.54, 1.807) is 24.3 Å². The van der Waals surface area contributed by atoms with Crippen LogP contribution in [0.4, 0.5) is 0 Å². The standard InChI is InChI=1S/C17H19ClN4O3S.ClH/c18-13-9-14(17(20)23)16(19)21(11-13)10-12-5-1-2-6-15(12)26(24,25)22-7-3-4-8-22;/h1-2,5-6,9,11,19H,3-4,7-8,10H2,(H2,20,23);1H. The number of carbonyl (C=O) groups excluding carboxylic acids is 1. The first-order valence-corrected chi connectivity index (χ1v) is 9.95. The lowest BCUT2D eigenvalue weighted by Gasteiger charge is -2.19. The quantitative estimate of drug-likeness (QED) is 0.756. The van der Waals surface area contributed by atoms with Crippen molar-refractivity contribution in [1.29, 1.82) is 5.41 Å². The van der Waals surface area contributed by atoms with Crippen LogP contribution >= 0.6 is 24.0 Å². The second-order valence-corrected chi connectivity index (χ2v) is 8.47. The molecule has 10 heteroatoms. The van der Waals surface area contributed by atoms with Crippen molar-refractivity contribution >= 4 is 39.9 Å². The van der Waals surface area contributed by atoms with Gasteiger partial charge in [-0.2, -0.15) is 4.31 Å². The molecule has 1 aromatic heterocycles. The highest BCUT2D eigenvalue weighted by molar-refractivity contribution is 7.89. The number of nitrogens with zero attached hydrogens (tertiary/aromatic N) is 2. The summed E-state index contributed by atoms with van der Waals surface area (Å²) in [5, 5.41) is 8.40. The largest absolute Gasteiger partial charge is 0.365 e. The maximum Gasteiger partial charge on any atom is 0.252 e. The Labute approximate surface area is 168 Å². The average Bonchev–Trinajstić information content (AvgIpc) is 3.13. The molecule has 0 aliphatic carbocycles. The molecule has 0 radical (unpaired) electrons. The second kappa shape index (κ2) is 8.43. The number of primary amides is 1. The van der Waals surface area contributed by atoms with Gasteiger partial charge < -0.3 is 10.3 Å². The molecule has 3 rings (SSSR count). The number of nitrogens with two attached hydrogens (primary N) is 1. The summed E-state index contributed by atoms with van der Waals surface area (Å²) in [6.07, 6.45) is 3.18. The summed E-state index contributed by atoms with van der Waals surface area (Å²) in [6, 6.07) is 8.00. The number of rotatable bonds is 5. The molecule has 2 aromatic rings. The maximum absolute atomic E-state index is 12.9. The van der Waals surface area contributed by atoms with Gasteiger partial charge in [-0.25, -0.2) is 8.42 Å². The van der Waals surface area contributed by atoms with Crippen LogP contribution in [0.1, 0.15) is 28.8 Å². The molecular formula is C17H20Cl2N4O3S. The highest BCUT2D eigenvalue weighted by atomic mass is 35.5. The van der Waals surface area contributed by atoms with Crippen LogP contribution in [0, 0.1) is 5.41 Å². The number of hydrogen-bond donors (Lipinski definition) is 2. The van der Waals surface area contributed by atoms with Crippen molar-refractivity contribution in [3.63, 3.8) is 0 Å². The molecule has 2 heterocycles. The van der Waals surface area contributed by atoms with Gasteiger partial charge in [-0.05, 0) is 30.5 Å². The van der Waals surface area contributed by atoms with E-state index in [2.05, 4.69) is 0 Å². The first-order valence-electron chi connectivity index (χ1n) is 8.13. The number of amides is 1. The number of sulfonamides is 1. The molecule has 1 saturated heterocycles. The molecule has 27 heavy (non-hydrogen) atoms. The first-order chi connectivity index (χ1) is 12.3. The molecule has 1 aliphatic heterocycles. The minimum atomic E-state index is -3.60. The molecule has 1 aromatic carbocycles. The van der Waals surface area contributed by atoms with Gasteiger partial charge in [0.1, 0.15) is 5.49 Å². The van der Waals surface area contributed by atoms with Crippen molar-refractivity contribution in [2.45, 2.75) is 24.3 Å². The van der Waals surface area contributed by atoms with Gasteiger partial charge in [0.05, 0.1) is 22.0 Å². The second-order valence-electron chi connectivity index (χ2n) is 6.13. The van der Waals surface area contributed by atoms with E-state index in [4.69, 9.17) is 22.7 Å². The Morgan fingerprint density at radius 2 is 1.85 bits per heavy atom. The fourth-order valence-corrected chi connectivity index (χ4v) is 5.02. The van der Waals surface area contributed by atoms with Crippen LogP contribution in [-0.2, 0) is 16.6 Å². The zero-order valence-corrected chi connectivity index (χ0v) is 16.8. The van der Waals surface area contributed by atoms with E-state index in [0.717, 1.165) is 12.8 Å². The molecule has 1 amide bonds. The third kappa shape index (κ3) is 4.35. The number of hydrogen-bond acceptors (Lipinski definition) is 4. The van der Waals surface area contributed by atoms with Crippen molar-refractivity contribution in [2.24, 2.45) is 5.73 Å². The van der Waals surface area contributed by atoms with E-state index in [0.29, 0.717) is 18.7 Å². The lowest BCUT2D eigenvalue weighted by atomic mass is 10.2. The van der Waals surface area contributed by atoms with Gasteiger partial charge in [-0.3, -0.25) is 10.2 Å². The number of benzene rings is 1. The van der Waals surface area contributed by atoms with Gasteiger partial charge in [-0.1, -0.05) is 29.8 Å². The van der Waals surface area contributed by atoms with Gasteiger partial charge in [0.15, 0.2) is 0 Å². The van der Waals surface area contributed by atoms with Crippen LogP contribution in [0.2, 0.25) is 5.02 Å². The van der Waals surface area contributed by atoms with Gasteiger partial charge in [0.25, 0.3) is 5.91 Å². The highest BCUT2D eigenvalue weighted by Gasteiger charge is 2.29. The Bertz CT molecular complexity index is 1020. The summed E-state index contributed by atoms with van der Waals surface area (Å²) in [7, 11) is -3.60. The molecule has 0 saturated carbocycles. The zero-order chi connectivity index (χ0) is 18.9. The summed E-state index contributed by atoms with van der Waals surface area (Å²) in [5.41, 5.74) is 5.69. The van der Waals surface area contributed by atoms with E-state index in [1.807, 2.05) is 0 Å². The van der Waals surface area contributed by atoms with Crippen LogP contribution < -0.4 is 11.2 Å². The van der Waals surface area contributed by atoms with Crippen LogP contribution in [0.25, 0.3) is 0 Å². The Balaban J connectivity index is 0.00000261. The average molecular weight is 431 g/mol. The number of nitrogens with one attached hydrogen (secondary N) is 1. The lowest BCUT2D eigenvalue weighted by molar-refractivity contribution is 0.0997. The summed E-state index contributed by atoms with van der Waals surface area (Å²) in [6.45, 7) is 1.11. The summed E-state index contributed by atoms with van der Waals surface area (Å²) in [4.78, 5) is 11.7. The zero-order valence-electron chi connectivity index (χ0n) is 14.4. The lowest BCUT2D eigenvalue weighted by Crippen LogP contribution is -2.31. The van der Waals surface area contributed by atoms with Crippen LogP contribution in [0.5, 0.6) is 0 Å². The van der Waals surface area contributed by atoms with E-state index < -0.39 is 15.9 Å². The minimum Gasteiger partial charge on any atom is -0.365 e. The van der Waals surface area contributed by atoms with Gasteiger partial charge >= 0.3 is 0 Å². The van der Waals surface area contributed by atoms with Gasteiger partial charge in [-0.15, -0.1) is 12.4 Å². The summed E-state index contributed by atoms with van der Waals surface area (Å²) >= 11 is 6.03. The molecule has 146 valence electrons. The number of aromatic nitrogens is 1. The SMILES string of the molecule is Cl.N=c1c(C(N)=O)cc(Cl)cn1Cc1ccccc1S(=O)(=O)N1CCCC1. The molecule has 0 spiro atoms. The van der Waals surface area contributed by atoms with Crippen molar-refractivity contribution in [1.82, 2.24) is 8.87 Å². The van der Waals surface area contributed by atoms with E-state index in [-0.39, 0.29) is 39.9 Å². The molecule has 3 N–H and O–H groups in total. The van der Waals surface area contributed by atoms with Crippen molar-refractivity contribution in [2.75, 3.05) is 13.1 Å². The number of pyridine rings is 1. The first kappa shape index (κ1) is 21.4. The van der Waals surface area contributed by atoms with E-state index in [9.17, 15) is 13.2 Å². The Kier molecular flexibility index (Phi) is 6.69. The normalized spacial score (nSPS) is 14.7. The topological polar surface area (TPSA) is 109 Å². The Morgan fingerprint density at radius 3 is 2.48 bits per heavy atom. The van der Waals surface area contributed by atoms with Gasteiger partial charge in [0, 0.05) is 19.3 Å². The molecular weight excluding hydrogens is 411 g/mol. The van der Waals surface area contributed by atoms with E-state index >= 15 is 0 Å². The molecule has 1 aliphatic rings. The minimum absolute atomic E-state index is 0. The maximum atomic E-state index is 12.9. The van der Waals surface area contributed by atoms with Crippen molar-refractivity contribution in [3.8, 4) is 0 Å². The number of halogens is 2. The Morgan fingerprint density at radius 1 is 1.22 bits per heavy atom. The molecule has 7 nitrogen and oxygen atoms in total. The Hall–Kier alpha value is -1.87. The summed E-state index contributed by atoms with van der Waals surface area (Å²) < 4.78 is 28.8. The summed E-state index contributed by atoms with van der Waals surface area (Å²) in [5.74, 6) is -0.760. The molecule has 0 atom stereocenters. The van der Waals surface area contributed by atoms with Crippen LogP contribution in [0.15, 0.2) is 41.4 Å². The van der Waals surface area contributed by atoms with Crippen LogP contribution in [0.3, 0.4) is 0 Å². The predicted octanol–water partition coefficient (Wildman–Crippen LogP) is 1.97. The third-order valence-electron chi connectivity index (χ3n) is 4.37. The van der Waals surface area contributed by atoms with E-state index in [1.165, 1.54) is 21.1 Å². The fourth-order valence-electron chi connectivity index (χ4n) is 3.06. The molecule has 1 fully saturated rings. The fraction of sp³-hybridized carbons (Fsp3) is 0.294. The number of carbonyl (C=O) groups is 1. The smallest absolute Gasteiger partial charge is 0.252 e. The highest BCUT2D eigenvalue weighted by Crippen LogP contribution is 2.24. The molecule has 0 unspecified atom stereocenters.